The molecule has 1 aromatic carbocycles. The lowest BCUT2D eigenvalue weighted by Gasteiger charge is -2.15. The molecule has 0 saturated heterocycles. The number of carbonyl (C=O) groups excluding carboxylic acids is 1. The first-order valence-corrected chi connectivity index (χ1v) is 5.64. The highest BCUT2D eigenvalue weighted by atomic mass is 35.5. The van der Waals surface area contributed by atoms with Gasteiger partial charge in [0.05, 0.1) is 12.5 Å². The highest BCUT2D eigenvalue weighted by molar-refractivity contribution is 6.31. The molecule has 0 aromatic heterocycles. The lowest BCUT2D eigenvalue weighted by atomic mass is 10.1. The molecule has 5 heteroatoms. The minimum absolute atomic E-state index is 0.0237. The first kappa shape index (κ1) is 13.5. The van der Waals surface area contributed by atoms with Gasteiger partial charge in [-0.2, -0.15) is 0 Å². The molecule has 92 valence electrons. The number of aliphatic carboxylic acids is 1. The number of rotatable bonds is 5. The maximum Gasteiger partial charge on any atom is 0.303 e. The Kier molecular flexibility index (Phi) is 4.97. The van der Waals surface area contributed by atoms with Gasteiger partial charge >= 0.3 is 5.97 Å². The van der Waals surface area contributed by atoms with Crippen molar-refractivity contribution >= 4 is 23.5 Å². The molecule has 0 bridgehead atoms. The van der Waals surface area contributed by atoms with E-state index in [9.17, 15) is 9.59 Å². The van der Waals surface area contributed by atoms with Crippen LogP contribution in [-0.4, -0.2) is 17.0 Å². The molecule has 0 fully saturated rings. The summed E-state index contributed by atoms with van der Waals surface area (Å²) in [6.45, 7) is 1.81. The number of hydrogen-bond donors (Lipinski definition) is 2. The van der Waals surface area contributed by atoms with Crippen molar-refractivity contribution in [3.8, 4) is 0 Å². The Bertz CT molecular complexity index is 420. The van der Waals surface area contributed by atoms with Crippen molar-refractivity contribution in [1.82, 2.24) is 5.32 Å². The van der Waals surface area contributed by atoms with Crippen molar-refractivity contribution in [3.05, 3.63) is 34.9 Å². The van der Waals surface area contributed by atoms with Crippen LogP contribution in [0.2, 0.25) is 5.02 Å². The van der Waals surface area contributed by atoms with E-state index in [0.29, 0.717) is 5.02 Å². The summed E-state index contributed by atoms with van der Waals surface area (Å²) in [7, 11) is 0. The number of carbonyl (C=O) groups is 2. The minimum Gasteiger partial charge on any atom is -0.481 e. The Morgan fingerprint density at radius 1 is 1.35 bits per heavy atom. The summed E-state index contributed by atoms with van der Waals surface area (Å²) < 4.78 is 0. The third-order valence-electron chi connectivity index (χ3n) is 2.32. The Morgan fingerprint density at radius 3 is 2.59 bits per heavy atom. The second-order valence-corrected chi connectivity index (χ2v) is 4.11. The van der Waals surface area contributed by atoms with Crippen LogP contribution in [0.3, 0.4) is 0 Å². The van der Waals surface area contributed by atoms with Crippen molar-refractivity contribution in [2.24, 2.45) is 0 Å². The van der Waals surface area contributed by atoms with Crippen LogP contribution in [0.4, 0.5) is 0 Å². The predicted octanol–water partition coefficient (Wildman–Crippen LogP) is 2.38. The van der Waals surface area contributed by atoms with Crippen LogP contribution in [0, 0.1) is 0 Å². The van der Waals surface area contributed by atoms with Gasteiger partial charge in [-0.3, -0.25) is 9.59 Å². The molecular weight excluding hydrogens is 242 g/mol. The molecule has 0 aliphatic carbocycles. The van der Waals surface area contributed by atoms with Crippen LogP contribution >= 0.6 is 11.6 Å². The van der Waals surface area contributed by atoms with Crippen molar-refractivity contribution < 1.29 is 14.7 Å². The van der Waals surface area contributed by atoms with Gasteiger partial charge in [-0.1, -0.05) is 29.8 Å². The fraction of sp³-hybridized carbons (Fsp3) is 0.333. The molecule has 0 unspecified atom stereocenters. The second-order valence-electron chi connectivity index (χ2n) is 3.70. The van der Waals surface area contributed by atoms with Gasteiger partial charge in [0.15, 0.2) is 0 Å². The summed E-state index contributed by atoms with van der Waals surface area (Å²) in [5.74, 6) is -1.27. The fourth-order valence-electron chi connectivity index (χ4n) is 1.44. The van der Waals surface area contributed by atoms with E-state index in [2.05, 4.69) is 5.32 Å². The van der Waals surface area contributed by atoms with Crippen LogP contribution in [0.15, 0.2) is 24.3 Å². The Labute approximate surface area is 105 Å². The highest BCUT2D eigenvalue weighted by Crippen LogP contribution is 2.22. The molecule has 0 saturated carbocycles. The number of nitrogens with one attached hydrogen (secondary N) is 1. The standard InChI is InChI=1S/C12H14ClNO3/c1-8(9-4-2-3-5-10(9)13)14-11(15)6-7-12(16)17/h2-5,8H,6-7H2,1H3,(H,14,15)(H,16,17)/t8-/m0/s1. The summed E-state index contributed by atoms with van der Waals surface area (Å²) in [5, 5.41) is 11.7. The maximum absolute atomic E-state index is 11.4. The molecule has 0 spiro atoms. The summed E-state index contributed by atoms with van der Waals surface area (Å²) in [4.78, 5) is 21.7. The first-order chi connectivity index (χ1) is 8.00. The molecule has 0 aliphatic heterocycles. The molecule has 1 amide bonds. The monoisotopic (exact) mass is 255 g/mol. The summed E-state index contributed by atoms with van der Waals surface area (Å²) in [6.07, 6.45) is -0.189. The average molecular weight is 256 g/mol. The average Bonchev–Trinajstić information content (AvgIpc) is 2.26. The largest absolute Gasteiger partial charge is 0.481 e. The molecule has 1 rings (SSSR count). The minimum atomic E-state index is -0.981. The van der Waals surface area contributed by atoms with Crippen LogP contribution < -0.4 is 5.32 Å². The molecule has 1 aromatic rings. The van der Waals surface area contributed by atoms with E-state index in [-0.39, 0.29) is 24.8 Å². The number of amides is 1. The smallest absolute Gasteiger partial charge is 0.303 e. The van der Waals surface area contributed by atoms with Gasteiger partial charge in [-0.05, 0) is 18.6 Å². The zero-order valence-corrected chi connectivity index (χ0v) is 10.2. The number of halogens is 1. The number of carboxylic acid groups (broad SMARTS) is 1. The second kappa shape index (κ2) is 6.25. The fourth-order valence-corrected chi connectivity index (χ4v) is 1.74. The van der Waals surface area contributed by atoms with E-state index in [1.54, 1.807) is 13.0 Å². The highest BCUT2D eigenvalue weighted by Gasteiger charge is 2.12. The summed E-state index contributed by atoms with van der Waals surface area (Å²) >= 11 is 5.98. The summed E-state index contributed by atoms with van der Waals surface area (Å²) in [5.41, 5.74) is 0.817. The Hall–Kier alpha value is -1.55. The van der Waals surface area contributed by atoms with Crippen LogP contribution in [0.5, 0.6) is 0 Å². The van der Waals surface area contributed by atoms with Gasteiger partial charge in [0.25, 0.3) is 0 Å². The third kappa shape index (κ3) is 4.44. The molecule has 1 atom stereocenters. The topological polar surface area (TPSA) is 66.4 Å². The number of benzene rings is 1. The van der Waals surface area contributed by atoms with Gasteiger partial charge in [-0.25, -0.2) is 0 Å². The zero-order valence-electron chi connectivity index (χ0n) is 9.44. The van der Waals surface area contributed by atoms with E-state index in [1.165, 1.54) is 0 Å². The van der Waals surface area contributed by atoms with E-state index in [0.717, 1.165) is 5.56 Å². The predicted molar refractivity (Wildman–Crippen MR) is 64.9 cm³/mol. The Morgan fingerprint density at radius 2 is 2.00 bits per heavy atom. The van der Waals surface area contributed by atoms with Gasteiger partial charge < -0.3 is 10.4 Å². The van der Waals surface area contributed by atoms with Crippen molar-refractivity contribution in [3.63, 3.8) is 0 Å². The lowest BCUT2D eigenvalue weighted by molar-refractivity contribution is -0.138. The first-order valence-electron chi connectivity index (χ1n) is 5.26. The third-order valence-corrected chi connectivity index (χ3v) is 2.66. The quantitative estimate of drug-likeness (QED) is 0.849. The van der Waals surface area contributed by atoms with E-state index >= 15 is 0 Å². The molecule has 0 radical (unpaired) electrons. The zero-order chi connectivity index (χ0) is 12.8. The number of carboxylic acids is 1. The maximum atomic E-state index is 11.4. The van der Waals surface area contributed by atoms with E-state index < -0.39 is 5.97 Å². The number of hydrogen-bond acceptors (Lipinski definition) is 2. The molecule has 2 N–H and O–H groups in total. The van der Waals surface area contributed by atoms with Crippen molar-refractivity contribution in [2.75, 3.05) is 0 Å². The molecule has 17 heavy (non-hydrogen) atoms. The van der Waals surface area contributed by atoms with Gasteiger partial charge in [0.2, 0.25) is 5.91 Å². The molecular formula is C12H14ClNO3. The van der Waals surface area contributed by atoms with Crippen LogP contribution in [0.25, 0.3) is 0 Å². The van der Waals surface area contributed by atoms with Crippen LogP contribution in [-0.2, 0) is 9.59 Å². The van der Waals surface area contributed by atoms with Gasteiger partial charge in [0.1, 0.15) is 0 Å². The van der Waals surface area contributed by atoms with Crippen LogP contribution in [0.1, 0.15) is 31.4 Å². The van der Waals surface area contributed by atoms with Gasteiger partial charge in [-0.15, -0.1) is 0 Å². The molecule has 0 aliphatic rings. The summed E-state index contributed by atoms with van der Waals surface area (Å²) in [6, 6.07) is 6.98. The van der Waals surface area contributed by atoms with Crippen molar-refractivity contribution in [1.29, 1.82) is 0 Å². The normalized spacial score (nSPS) is 11.9. The Balaban J connectivity index is 2.55. The van der Waals surface area contributed by atoms with E-state index in [1.807, 2.05) is 18.2 Å². The molecule has 4 nitrogen and oxygen atoms in total. The van der Waals surface area contributed by atoms with Gasteiger partial charge in [0, 0.05) is 11.4 Å². The SMILES string of the molecule is C[C@H](NC(=O)CCC(=O)O)c1ccccc1Cl. The lowest BCUT2D eigenvalue weighted by Crippen LogP contribution is -2.27. The van der Waals surface area contributed by atoms with Crippen molar-refractivity contribution in [2.45, 2.75) is 25.8 Å². The molecule has 0 heterocycles. The van der Waals surface area contributed by atoms with E-state index in [4.69, 9.17) is 16.7 Å².